The van der Waals surface area contributed by atoms with E-state index in [-0.39, 0.29) is 11.9 Å². The molecule has 1 aromatic carbocycles. The van der Waals surface area contributed by atoms with Crippen molar-refractivity contribution in [3.05, 3.63) is 56.2 Å². The van der Waals surface area contributed by atoms with Crippen LogP contribution in [0.4, 0.5) is 0 Å². The first-order chi connectivity index (χ1) is 9.06. The highest BCUT2D eigenvalue weighted by molar-refractivity contribution is 9.11. The number of carbonyl (C=O) groups is 1. The van der Waals surface area contributed by atoms with E-state index < -0.39 is 0 Å². The van der Waals surface area contributed by atoms with Crippen LogP contribution < -0.4 is 5.32 Å². The minimum absolute atomic E-state index is 0.00207. The molecular weight excluding hydrogens is 322 g/mol. The summed E-state index contributed by atoms with van der Waals surface area (Å²) >= 11 is 4.92. The Bertz CT molecular complexity index is 545. The third-order valence-corrected chi connectivity index (χ3v) is 4.98. The van der Waals surface area contributed by atoms with Crippen LogP contribution in [0.5, 0.6) is 0 Å². The lowest BCUT2D eigenvalue weighted by atomic mass is 10.1. The molecule has 0 aliphatic heterocycles. The molecule has 19 heavy (non-hydrogen) atoms. The molecule has 1 amide bonds. The number of carbonyl (C=O) groups excluding carboxylic acids is 1. The Labute approximate surface area is 126 Å². The molecule has 100 valence electrons. The molecule has 0 saturated heterocycles. The molecule has 2 aromatic rings. The molecule has 0 spiro atoms. The molecule has 0 fully saturated rings. The van der Waals surface area contributed by atoms with Crippen molar-refractivity contribution in [1.29, 1.82) is 0 Å². The zero-order chi connectivity index (χ0) is 13.8. The molecule has 0 aliphatic carbocycles. The van der Waals surface area contributed by atoms with Crippen molar-refractivity contribution < 1.29 is 4.79 Å². The normalized spacial score (nSPS) is 12.2. The van der Waals surface area contributed by atoms with Crippen molar-refractivity contribution in [1.82, 2.24) is 5.32 Å². The van der Waals surface area contributed by atoms with Gasteiger partial charge < -0.3 is 5.32 Å². The Morgan fingerprint density at radius 2 is 2.05 bits per heavy atom. The van der Waals surface area contributed by atoms with Crippen LogP contribution in [0.1, 0.15) is 27.7 Å². The van der Waals surface area contributed by atoms with E-state index in [9.17, 15) is 4.79 Å². The topological polar surface area (TPSA) is 29.1 Å². The number of rotatable bonds is 4. The van der Waals surface area contributed by atoms with Crippen molar-refractivity contribution >= 4 is 33.2 Å². The molecule has 1 N–H and O–H groups in total. The molecule has 0 saturated carbocycles. The van der Waals surface area contributed by atoms with Crippen molar-refractivity contribution in [2.75, 3.05) is 0 Å². The Morgan fingerprint density at radius 1 is 1.37 bits per heavy atom. The van der Waals surface area contributed by atoms with E-state index in [1.165, 1.54) is 16.9 Å². The fourth-order valence-corrected chi connectivity index (χ4v) is 3.32. The highest BCUT2D eigenvalue weighted by Gasteiger charge is 2.13. The molecular formula is C15H16BrNOS. The number of thiophene rings is 1. The summed E-state index contributed by atoms with van der Waals surface area (Å²) in [6.45, 7) is 4.02. The van der Waals surface area contributed by atoms with Crippen LogP contribution >= 0.6 is 27.3 Å². The summed E-state index contributed by atoms with van der Waals surface area (Å²) in [4.78, 5) is 12.8. The first-order valence-electron chi connectivity index (χ1n) is 6.17. The van der Waals surface area contributed by atoms with Gasteiger partial charge in [0.05, 0.1) is 8.66 Å². The Morgan fingerprint density at radius 3 is 2.63 bits per heavy atom. The van der Waals surface area contributed by atoms with Gasteiger partial charge in [0, 0.05) is 6.04 Å². The molecule has 1 atom stereocenters. The van der Waals surface area contributed by atoms with Crippen LogP contribution in [0.3, 0.4) is 0 Å². The smallest absolute Gasteiger partial charge is 0.261 e. The first-order valence-corrected chi connectivity index (χ1v) is 7.78. The maximum atomic E-state index is 12.1. The minimum Gasteiger partial charge on any atom is -0.349 e. The molecule has 1 aromatic heterocycles. The Kier molecular flexibility index (Phi) is 4.77. The van der Waals surface area contributed by atoms with Crippen molar-refractivity contribution in [2.45, 2.75) is 26.3 Å². The van der Waals surface area contributed by atoms with Crippen molar-refractivity contribution in [3.63, 3.8) is 0 Å². The predicted molar refractivity (Wildman–Crippen MR) is 83.8 cm³/mol. The van der Waals surface area contributed by atoms with E-state index in [1.807, 2.05) is 38.1 Å². The maximum absolute atomic E-state index is 12.1. The molecule has 2 rings (SSSR count). The lowest BCUT2D eigenvalue weighted by molar-refractivity contribution is 0.0944. The van der Waals surface area contributed by atoms with Gasteiger partial charge in [-0.2, -0.15) is 0 Å². The maximum Gasteiger partial charge on any atom is 0.261 e. The summed E-state index contributed by atoms with van der Waals surface area (Å²) in [6.07, 6.45) is 0.845. The fourth-order valence-electron chi connectivity index (χ4n) is 1.89. The third-order valence-electron chi connectivity index (χ3n) is 2.84. The highest BCUT2D eigenvalue weighted by atomic mass is 79.9. The average Bonchev–Trinajstić information content (AvgIpc) is 2.71. The van der Waals surface area contributed by atoms with E-state index in [2.05, 4.69) is 33.4 Å². The van der Waals surface area contributed by atoms with E-state index in [0.717, 1.165) is 20.6 Å². The lowest BCUT2D eigenvalue weighted by Gasteiger charge is -2.13. The largest absolute Gasteiger partial charge is 0.349 e. The fraction of sp³-hybridized carbons (Fsp3) is 0.267. The van der Waals surface area contributed by atoms with Gasteiger partial charge in [-0.1, -0.05) is 30.3 Å². The summed E-state index contributed by atoms with van der Waals surface area (Å²) in [5.41, 5.74) is 2.34. The highest BCUT2D eigenvalue weighted by Crippen LogP contribution is 2.27. The van der Waals surface area contributed by atoms with Gasteiger partial charge in [-0.25, -0.2) is 0 Å². The predicted octanol–water partition coefficient (Wildman–Crippen LogP) is 4.18. The number of amides is 1. The number of halogens is 1. The van der Waals surface area contributed by atoms with Gasteiger partial charge >= 0.3 is 0 Å². The number of benzene rings is 1. The number of nitrogens with one attached hydrogen (secondary N) is 1. The van der Waals surface area contributed by atoms with E-state index in [4.69, 9.17) is 0 Å². The van der Waals surface area contributed by atoms with E-state index in [1.54, 1.807) is 0 Å². The van der Waals surface area contributed by atoms with Gasteiger partial charge in [0.1, 0.15) is 0 Å². The van der Waals surface area contributed by atoms with Gasteiger partial charge in [-0.3, -0.25) is 4.79 Å². The zero-order valence-corrected chi connectivity index (χ0v) is 13.3. The van der Waals surface area contributed by atoms with Crippen LogP contribution in [0, 0.1) is 6.92 Å². The quantitative estimate of drug-likeness (QED) is 0.890. The molecule has 2 nitrogen and oxygen atoms in total. The summed E-state index contributed by atoms with van der Waals surface area (Å²) in [6, 6.07) is 12.2. The SMILES string of the molecule is Cc1cc(C(=O)NC(C)Cc2ccccc2)sc1Br. The minimum atomic E-state index is 0.00207. The monoisotopic (exact) mass is 337 g/mol. The van der Waals surface area contributed by atoms with Crippen molar-refractivity contribution in [3.8, 4) is 0 Å². The van der Waals surface area contributed by atoms with Crippen LogP contribution in [-0.4, -0.2) is 11.9 Å². The van der Waals surface area contributed by atoms with Gasteiger partial charge in [0.15, 0.2) is 0 Å². The first kappa shape index (κ1) is 14.3. The second kappa shape index (κ2) is 6.35. The Hall–Kier alpha value is -1.13. The van der Waals surface area contributed by atoms with Crippen LogP contribution in [0.2, 0.25) is 0 Å². The van der Waals surface area contributed by atoms with E-state index >= 15 is 0 Å². The summed E-state index contributed by atoms with van der Waals surface area (Å²) in [5, 5.41) is 3.04. The summed E-state index contributed by atoms with van der Waals surface area (Å²) in [7, 11) is 0. The van der Waals surface area contributed by atoms with Crippen LogP contribution in [0.15, 0.2) is 40.2 Å². The van der Waals surface area contributed by atoms with Gasteiger partial charge in [-0.05, 0) is 53.4 Å². The van der Waals surface area contributed by atoms with Crippen molar-refractivity contribution in [2.24, 2.45) is 0 Å². The standard InChI is InChI=1S/C15H16BrNOS/c1-10-8-13(19-14(10)16)15(18)17-11(2)9-12-6-4-3-5-7-12/h3-8,11H,9H2,1-2H3,(H,17,18). The molecule has 1 heterocycles. The lowest BCUT2D eigenvalue weighted by Crippen LogP contribution is -2.33. The molecule has 0 radical (unpaired) electrons. The molecule has 0 aliphatic rings. The number of aryl methyl sites for hydroxylation is 1. The number of hydrogen-bond donors (Lipinski definition) is 1. The Balaban J connectivity index is 1.95. The van der Waals surface area contributed by atoms with E-state index in [0.29, 0.717) is 0 Å². The second-order valence-corrected chi connectivity index (χ2v) is 7.00. The summed E-state index contributed by atoms with van der Waals surface area (Å²) in [5.74, 6) is 0.00207. The molecule has 1 unspecified atom stereocenters. The summed E-state index contributed by atoms with van der Waals surface area (Å²) < 4.78 is 1.02. The third kappa shape index (κ3) is 3.91. The second-order valence-electron chi connectivity index (χ2n) is 4.63. The zero-order valence-electron chi connectivity index (χ0n) is 10.9. The molecule has 4 heteroatoms. The van der Waals surface area contributed by atoms with Gasteiger partial charge in [0.2, 0.25) is 0 Å². The number of hydrogen-bond acceptors (Lipinski definition) is 2. The van der Waals surface area contributed by atoms with Gasteiger partial charge in [0.25, 0.3) is 5.91 Å². The van der Waals surface area contributed by atoms with Crippen LogP contribution in [0.25, 0.3) is 0 Å². The molecule has 0 bridgehead atoms. The van der Waals surface area contributed by atoms with Crippen LogP contribution in [-0.2, 0) is 6.42 Å². The van der Waals surface area contributed by atoms with Gasteiger partial charge in [-0.15, -0.1) is 11.3 Å². The average molecular weight is 338 g/mol.